The molecule has 8 heteroatoms. The summed E-state index contributed by atoms with van der Waals surface area (Å²) in [5, 5.41) is 18.6. The fourth-order valence-electron chi connectivity index (χ4n) is 3.02. The second-order valence-corrected chi connectivity index (χ2v) is 5.09. The molecule has 1 spiro atoms. The zero-order valence-electron chi connectivity index (χ0n) is 10.6. The number of carboxylic acid groups (broad SMARTS) is 1. The Morgan fingerprint density at radius 3 is 2.53 bits per heavy atom. The molecule has 0 bridgehead atoms. The van der Waals surface area contributed by atoms with Crippen LogP contribution in [-0.2, 0) is 9.59 Å². The molecule has 2 saturated heterocycles. The first kappa shape index (κ1) is 13.6. The maximum atomic E-state index is 12.3. The molecule has 3 atom stereocenters. The molecule has 106 valence electrons. The van der Waals surface area contributed by atoms with Crippen molar-refractivity contribution in [2.24, 2.45) is 5.73 Å². The average molecular weight is 271 g/mol. The van der Waals surface area contributed by atoms with Gasteiger partial charge in [0.25, 0.3) is 5.91 Å². The number of nitrogens with two attached hydrogens (primary N) is 1. The van der Waals surface area contributed by atoms with Gasteiger partial charge in [0.2, 0.25) is 5.91 Å². The van der Waals surface area contributed by atoms with Crippen LogP contribution in [0, 0.1) is 0 Å². The average Bonchev–Trinajstić information content (AvgIpc) is 2.74. The van der Waals surface area contributed by atoms with Gasteiger partial charge in [-0.15, -0.1) is 0 Å². The summed E-state index contributed by atoms with van der Waals surface area (Å²) in [5.74, 6) is -1.24. The minimum absolute atomic E-state index is 0.108. The highest BCUT2D eigenvalue weighted by Crippen LogP contribution is 2.40. The van der Waals surface area contributed by atoms with E-state index in [1.54, 1.807) is 0 Å². The van der Waals surface area contributed by atoms with Gasteiger partial charge in [0, 0.05) is 6.54 Å². The first-order chi connectivity index (χ1) is 8.81. The predicted octanol–water partition coefficient (Wildman–Crippen LogP) is -1.42. The Morgan fingerprint density at radius 1 is 1.47 bits per heavy atom. The minimum atomic E-state index is -1.14. The standard InChI is InChI=1S/C11H17N3O5/c1-6(15)7(8(12)16)13-5-11(9(13)17)3-2-4-14(11)10(18)19/h6-7,15H,2-5H2,1H3,(H2,12,16)(H,18,19)/t6?,7?,11-/m1/s1. The van der Waals surface area contributed by atoms with Crippen molar-refractivity contribution in [2.45, 2.75) is 37.5 Å². The molecule has 2 aliphatic rings. The molecule has 2 unspecified atom stereocenters. The summed E-state index contributed by atoms with van der Waals surface area (Å²) >= 11 is 0. The molecule has 2 rings (SSSR count). The molecule has 19 heavy (non-hydrogen) atoms. The number of rotatable bonds is 3. The van der Waals surface area contributed by atoms with Crippen molar-refractivity contribution in [3.63, 3.8) is 0 Å². The molecule has 2 aliphatic heterocycles. The van der Waals surface area contributed by atoms with Crippen LogP contribution in [0.3, 0.4) is 0 Å². The Balaban J connectivity index is 2.19. The zero-order chi connectivity index (χ0) is 14.4. The van der Waals surface area contributed by atoms with Crippen molar-refractivity contribution >= 4 is 17.9 Å². The van der Waals surface area contributed by atoms with Gasteiger partial charge in [-0.3, -0.25) is 14.5 Å². The zero-order valence-corrected chi connectivity index (χ0v) is 10.6. The number of hydrogen-bond acceptors (Lipinski definition) is 4. The molecular formula is C11H17N3O5. The number of aliphatic hydroxyl groups excluding tert-OH is 1. The molecular weight excluding hydrogens is 254 g/mol. The number of carbonyl (C=O) groups is 3. The van der Waals surface area contributed by atoms with E-state index in [4.69, 9.17) is 10.8 Å². The summed E-state index contributed by atoms with van der Waals surface area (Å²) in [6.45, 7) is 1.79. The number of amides is 3. The lowest BCUT2D eigenvalue weighted by Crippen LogP contribution is -2.76. The Kier molecular flexibility index (Phi) is 3.13. The summed E-state index contributed by atoms with van der Waals surface area (Å²) in [6, 6.07) is -1.10. The van der Waals surface area contributed by atoms with Gasteiger partial charge in [-0.25, -0.2) is 4.79 Å². The van der Waals surface area contributed by atoms with Crippen molar-refractivity contribution in [3.8, 4) is 0 Å². The van der Waals surface area contributed by atoms with Crippen LogP contribution in [0.1, 0.15) is 19.8 Å². The lowest BCUT2D eigenvalue weighted by Gasteiger charge is -2.52. The first-order valence-electron chi connectivity index (χ1n) is 6.10. The van der Waals surface area contributed by atoms with Gasteiger partial charge in [0.15, 0.2) is 0 Å². The molecule has 2 fully saturated rings. The van der Waals surface area contributed by atoms with Crippen LogP contribution in [0.4, 0.5) is 4.79 Å². The highest BCUT2D eigenvalue weighted by atomic mass is 16.4. The third-order valence-electron chi connectivity index (χ3n) is 3.89. The monoisotopic (exact) mass is 271 g/mol. The van der Waals surface area contributed by atoms with Gasteiger partial charge in [0.05, 0.1) is 12.6 Å². The van der Waals surface area contributed by atoms with E-state index < -0.39 is 35.6 Å². The summed E-state index contributed by atoms with van der Waals surface area (Å²) < 4.78 is 0. The number of likely N-dealkylation sites (tertiary alicyclic amines) is 2. The fourth-order valence-corrected chi connectivity index (χ4v) is 3.02. The minimum Gasteiger partial charge on any atom is -0.465 e. The highest BCUT2D eigenvalue weighted by Gasteiger charge is 2.62. The van der Waals surface area contributed by atoms with Crippen LogP contribution in [-0.4, -0.2) is 68.7 Å². The molecule has 0 aromatic rings. The van der Waals surface area contributed by atoms with E-state index in [0.29, 0.717) is 19.4 Å². The van der Waals surface area contributed by atoms with Gasteiger partial charge in [-0.1, -0.05) is 0 Å². The quantitative estimate of drug-likeness (QED) is 0.543. The SMILES string of the molecule is CC(O)C(C(N)=O)N1C[C@]2(CCCN2C(=O)O)C1=O. The number of aliphatic hydroxyl groups is 1. The van der Waals surface area contributed by atoms with E-state index in [0.717, 1.165) is 9.80 Å². The van der Waals surface area contributed by atoms with Crippen LogP contribution in [0.2, 0.25) is 0 Å². The third kappa shape index (κ3) is 1.83. The Morgan fingerprint density at radius 2 is 2.11 bits per heavy atom. The molecule has 4 N–H and O–H groups in total. The second-order valence-electron chi connectivity index (χ2n) is 5.09. The molecule has 0 radical (unpaired) electrons. The van der Waals surface area contributed by atoms with Crippen LogP contribution >= 0.6 is 0 Å². The van der Waals surface area contributed by atoms with E-state index in [1.807, 2.05) is 0 Å². The van der Waals surface area contributed by atoms with E-state index in [1.165, 1.54) is 6.92 Å². The third-order valence-corrected chi connectivity index (χ3v) is 3.89. The Hall–Kier alpha value is -1.83. The molecule has 8 nitrogen and oxygen atoms in total. The van der Waals surface area contributed by atoms with Gasteiger partial charge in [0.1, 0.15) is 11.6 Å². The number of hydrogen-bond donors (Lipinski definition) is 3. The van der Waals surface area contributed by atoms with Gasteiger partial charge in [-0.05, 0) is 19.8 Å². The maximum absolute atomic E-state index is 12.3. The molecule has 0 aromatic carbocycles. The lowest BCUT2D eigenvalue weighted by atomic mass is 9.83. The van der Waals surface area contributed by atoms with Gasteiger partial charge < -0.3 is 20.8 Å². The van der Waals surface area contributed by atoms with E-state index in [-0.39, 0.29) is 6.54 Å². The molecule has 0 saturated carbocycles. The van der Waals surface area contributed by atoms with Crippen LogP contribution in [0.5, 0.6) is 0 Å². The first-order valence-corrected chi connectivity index (χ1v) is 6.10. The Labute approximate surface area is 109 Å². The summed E-state index contributed by atoms with van der Waals surface area (Å²) in [5.41, 5.74) is 4.11. The van der Waals surface area contributed by atoms with E-state index in [9.17, 15) is 19.5 Å². The largest absolute Gasteiger partial charge is 0.465 e. The highest BCUT2D eigenvalue weighted by molar-refractivity contribution is 5.99. The van der Waals surface area contributed by atoms with Crippen molar-refractivity contribution < 1.29 is 24.6 Å². The van der Waals surface area contributed by atoms with Crippen molar-refractivity contribution in [1.82, 2.24) is 9.80 Å². The van der Waals surface area contributed by atoms with Crippen molar-refractivity contribution in [3.05, 3.63) is 0 Å². The lowest BCUT2D eigenvalue weighted by molar-refractivity contribution is -0.170. The second kappa shape index (κ2) is 4.37. The molecule has 0 aromatic heterocycles. The smallest absolute Gasteiger partial charge is 0.408 e. The van der Waals surface area contributed by atoms with Gasteiger partial charge in [-0.2, -0.15) is 0 Å². The number of nitrogens with zero attached hydrogens (tertiary/aromatic N) is 2. The summed E-state index contributed by atoms with van der Waals surface area (Å²) in [6.07, 6.45) is -1.17. The van der Waals surface area contributed by atoms with Gasteiger partial charge >= 0.3 is 6.09 Å². The molecule has 3 amide bonds. The van der Waals surface area contributed by atoms with Crippen LogP contribution in [0.15, 0.2) is 0 Å². The van der Waals surface area contributed by atoms with Crippen LogP contribution < -0.4 is 5.73 Å². The summed E-state index contributed by atoms with van der Waals surface area (Å²) in [4.78, 5) is 36.9. The van der Waals surface area contributed by atoms with E-state index in [2.05, 4.69) is 0 Å². The number of carbonyl (C=O) groups excluding carboxylic acids is 2. The molecule has 2 heterocycles. The normalized spacial score (nSPS) is 29.3. The predicted molar refractivity (Wildman–Crippen MR) is 63.1 cm³/mol. The van der Waals surface area contributed by atoms with Crippen molar-refractivity contribution in [1.29, 1.82) is 0 Å². The summed E-state index contributed by atoms with van der Waals surface area (Å²) in [7, 11) is 0. The molecule has 0 aliphatic carbocycles. The number of β-lactam (4-membered cyclic amide) rings is 1. The number of primary amides is 1. The maximum Gasteiger partial charge on any atom is 0.408 e. The fraction of sp³-hybridized carbons (Fsp3) is 0.727. The topological polar surface area (TPSA) is 124 Å². The van der Waals surface area contributed by atoms with Crippen LogP contribution in [0.25, 0.3) is 0 Å². The van der Waals surface area contributed by atoms with Crippen molar-refractivity contribution in [2.75, 3.05) is 13.1 Å². The van der Waals surface area contributed by atoms with E-state index >= 15 is 0 Å². The Bertz CT molecular complexity index is 438.